The lowest BCUT2D eigenvalue weighted by molar-refractivity contribution is -0.117. The molecule has 0 bridgehead atoms. The normalized spacial score (nSPS) is 19.6. The summed E-state index contributed by atoms with van der Waals surface area (Å²) in [6, 6.07) is 5.50. The largest absolute Gasteiger partial charge is 0.493 e. The van der Waals surface area contributed by atoms with E-state index < -0.39 is 0 Å². The van der Waals surface area contributed by atoms with Crippen LogP contribution in [0.2, 0.25) is 0 Å². The van der Waals surface area contributed by atoms with Crippen LogP contribution >= 0.6 is 12.6 Å². The van der Waals surface area contributed by atoms with Gasteiger partial charge in [-0.3, -0.25) is 4.79 Å². The summed E-state index contributed by atoms with van der Waals surface area (Å²) in [4.78, 5) is 13.5. The molecule has 0 aliphatic carbocycles. The van der Waals surface area contributed by atoms with E-state index in [1.54, 1.807) is 25.2 Å². The minimum absolute atomic E-state index is 0.0663. The van der Waals surface area contributed by atoms with E-state index in [1.165, 1.54) is 0 Å². The van der Waals surface area contributed by atoms with E-state index in [2.05, 4.69) is 12.6 Å². The number of thiol groups is 1. The molecule has 1 atom stereocenters. The predicted octanol–water partition coefficient (Wildman–Crippen LogP) is 1.74. The second kappa shape index (κ2) is 4.87. The summed E-state index contributed by atoms with van der Waals surface area (Å²) in [5, 5.41) is 0.0819. The quantitative estimate of drug-likeness (QED) is 0.834. The number of nitrogens with zero attached hydrogens (tertiary/aromatic N) is 1. The van der Waals surface area contributed by atoms with E-state index in [0.717, 1.165) is 5.69 Å². The Morgan fingerprint density at radius 2 is 2.12 bits per heavy atom. The maximum Gasteiger partial charge on any atom is 0.228 e. The molecule has 0 N–H and O–H groups in total. The first-order valence-electron chi connectivity index (χ1n) is 5.36. The molecule has 1 saturated heterocycles. The van der Waals surface area contributed by atoms with E-state index in [-0.39, 0.29) is 11.2 Å². The second-order valence-corrected chi connectivity index (χ2v) is 4.61. The van der Waals surface area contributed by atoms with E-state index in [4.69, 9.17) is 9.47 Å². The predicted molar refractivity (Wildman–Crippen MR) is 69.3 cm³/mol. The molecule has 92 valence electrons. The van der Waals surface area contributed by atoms with Crippen LogP contribution in [0.5, 0.6) is 11.5 Å². The molecule has 0 aromatic heterocycles. The highest BCUT2D eigenvalue weighted by molar-refractivity contribution is 7.81. The van der Waals surface area contributed by atoms with E-state index in [9.17, 15) is 4.79 Å². The Hall–Kier alpha value is -1.36. The highest BCUT2D eigenvalue weighted by Crippen LogP contribution is 2.39. The summed E-state index contributed by atoms with van der Waals surface area (Å²) in [5.41, 5.74) is 0.744. The first-order chi connectivity index (χ1) is 8.17. The van der Waals surface area contributed by atoms with Crippen molar-refractivity contribution in [2.24, 2.45) is 0 Å². The Morgan fingerprint density at radius 3 is 2.65 bits per heavy atom. The summed E-state index contributed by atoms with van der Waals surface area (Å²) in [7, 11) is 3.15. The van der Waals surface area contributed by atoms with Gasteiger partial charge < -0.3 is 14.4 Å². The molecule has 1 aliphatic heterocycles. The van der Waals surface area contributed by atoms with Gasteiger partial charge in [-0.25, -0.2) is 0 Å². The lowest BCUT2D eigenvalue weighted by Crippen LogP contribution is -2.25. The van der Waals surface area contributed by atoms with Crippen molar-refractivity contribution in [1.29, 1.82) is 0 Å². The molecule has 1 amide bonds. The van der Waals surface area contributed by atoms with Gasteiger partial charge in [-0.1, -0.05) is 6.07 Å². The molecule has 0 spiro atoms. The maximum absolute atomic E-state index is 11.8. The SMILES string of the molecule is COc1cccc(N2CC(S)CC2=O)c1OC. The van der Waals surface area contributed by atoms with Gasteiger partial charge in [0.1, 0.15) is 0 Å². The van der Waals surface area contributed by atoms with Gasteiger partial charge in [0.25, 0.3) is 0 Å². The summed E-state index contributed by atoms with van der Waals surface area (Å²) < 4.78 is 10.5. The first-order valence-corrected chi connectivity index (χ1v) is 5.88. The number of amides is 1. The number of hydrogen-bond donors (Lipinski definition) is 1. The molecular weight excluding hydrogens is 238 g/mol. The third-order valence-electron chi connectivity index (χ3n) is 2.78. The number of rotatable bonds is 3. The fraction of sp³-hybridized carbons (Fsp3) is 0.417. The minimum atomic E-state index is 0.0663. The Bertz CT molecular complexity index is 436. The number of hydrogen-bond acceptors (Lipinski definition) is 4. The maximum atomic E-state index is 11.8. The van der Waals surface area contributed by atoms with E-state index >= 15 is 0 Å². The van der Waals surface area contributed by atoms with Crippen molar-refractivity contribution in [2.75, 3.05) is 25.7 Å². The standard InChI is InChI=1S/C12H15NO3S/c1-15-10-5-3-4-9(12(10)16-2)13-7-8(17)6-11(13)14/h3-5,8,17H,6-7H2,1-2H3. The first kappa shape index (κ1) is 12.1. The molecular formula is C12H15NO3S. The number of ether oxygens (including phenoxy) is 2. The van der Waals surface area contributed by atoms with Crippen LogP contribution in [0, 0.1) is 0 Å². The monoisotopic (exact) mass is 253 g/mol. The molecule has 2 rings (SSSR count). The zero-order valence-electron chi connectivity index (χ0n) is 9.84. The lowest BCUT2D eigenvalue weighted by Gasteiger charge is -2.20. The second-order valence-electron chi connectivity index (χ2n) is 3.87. The Morgan fingerprint density at radius 1 is 1.35 bits per heavy atom. The van der Waals surface area contributed by atoms with Crippen molar-refractivity contribution >= 4 is 24.2 Å². The summed E-state index contributed by atoms with van der Waals surface area (Å²) >= 11 is 4.34. The topological polar surface area (TPSA) is 38.8 Å². The summed E-state index contributed by atoms with van der Waals surface area (Å²) in [6.07, 6.45) is 0.462. The van der Waals surface area contributed by atoms with Crippen LogP contribution in [0.3, 0.4) is 0 Å². The molecule has 1 aromatic rings. The third kappa shape index (κ3) is 2.20. The zero-order valence-corrected chi connectivity index (χ0v) is 10.7. The van der Waals surface area contributed by atoms with Gasteiger partial charge in [-0.05, 0) is 12.1 Å². The smallest absolute Gasteiger partial charge is 0.228 e. The Kier molecular flexibility index (Phi) is 3.47. The van der Waals surface area contributed by atoms with Crippen molar-refractivity contribution < 1.29 is 14.3 Å². The lowest BCUT2D eigenvalue weighted by atomic mass is 10.2. The number of methoxy groups -OCH3 is 2. The van der Waals surface area contributed by atoms with Crippen LogP contribution in [-0.2, 0) is 4.79 Å². The third-order valence-corrected chi connectivity index (χ3v) is 3.12. The van der Waals surface area contributed by atoms with Crippen LogP contribution in [-0.4, -0.2) is 31.9 Å². The number of carbonyl (C=O) groups excluding carboxylic acids is 1. The fourth-order valence-electron chi connectivity index (χ4n) is 2.00. The van der Waals surface area contributed by atoms with Gasteiger partial charge in [0, 0.05) is 18.2 Å². The van der Waals surface area contributed by atoms with E-state index in [1.807, 2.05) is 12.1 Å². The highest BCUT2D eigenvalue weighted by atomic mass is 32.1. The van der Waals surface area contributed by atoms with Gasteiger partial charge in [0.15, 0.2) is 11.5 Å². The minimum Gasteiger partial charge on any atom is -0.493 e. The molecule has 5 heteroatoms. The van der Waals surface area contributed by atoms with Crippen molar-refractivity contribution in [3.8, 4) is 11.5 Å². The number of anilines is 1. The van der Waals surface area contributed by atoms with Gasteiger partial charge in [-0.15, -0.1) is 0 Å². The number of benzene rings is 1. The molecule has 17 heavy (non-hydrogen) atoms. The average molecular weight is 253 g/mol. The molecule has 4 nitrogen and oxygen atoms in total. The molecule has 0 saturated carbocycles. The summed E-state index contributed by atoms with van der Waals surface area (Å²) in [5.74, 6) is 1.28. The van der Waals surface area contributed by atoms with Crippen molar-refractivity contribution in [2.45, 2.75) is 11.7 Å². The highest BCUT2D eigenvalue weighted by Gasteiger charge is 2.30. The molecule has 0 radical (unpaired) electrons. The van der Waals surface area contributed by atoms with Gasteiger partial charge in [-0.2, -0.15) is 12.6 Å². The average Bonchev–Trinajstić information content (AvgIpc) is 2.67. The van der Waals surface area contributed by atoms with Crippen LogP contribution in [0.15, 0.2) is 18.2 Å². The number of carbonyl (C=O) groups is 1. The summed E-state index contributed by atoms with van der Waals surface area (Å²) in [6.45, 7) is 0.603. The van der Waals surface area contributed by atoms with Crippen LogP contribution in [0.4, 0.5) is 5.69 Å². The van der Waals surface area contributed by atoms with Gasteiger partial charge in [0.05, 0.1) is 19.9 Å². The van der Waals surface area contributed by atoms with Crippen molar-refractivity contribution in [3.05, 3.63) is 18.2 Å². The van der Waals surface area contributed by atoms with Gasteiger partial charge in [0.2, 0.25) is 5.91 Å². The van der Waals surface area contributed by atoms with E-state index in [0.29, 0.717) is 24.5 Å². The molecule has 1 fully saturated rings. The van der Waals surface area contributed by atoms with Crippen LogP contribution in [0.25, 0.3) is 0 Å². The zero-order chi connectivity index (χ0) is 12.4. The Balaban J connectivity index is 2.41. The molecule has 1 unspecified atom stereocenters. The van der Waals surface area contributed by atoms with Crippen LogP contribution in [0.1, 0.15) is 6.42 Å². The van der Waals surface area contributed by atoms with Crippen molar-refractivity contribution in [3.63, 3.8) is 0 Å². The fourth-order valence-corrected chi connectivity index (χ4v) is 2.32. The molecule has 1 aliphatic rings. The molecule has 1 aromatic carbocycles. The number of para-hydroxylation sites is 1. The van der Waals surface area contributed by atoms with Crippen LogP contribution < -0.4 is 14.4 Å². The Labute approximate surface area is 106 Å². The van der Waals surface area contributed by atoms with Crippen molar-refractivity contribution in [1.82, 2.24) is 0 Å². The van der Waals surface area contributed by atoms with Gasteiger partial charge >= 0.3 is 0 Å². The molecule has 1 heterocycles.